The zero-order valence-electron chi connectivity index (χ0n) is 11.8. The lowest BCUT2D eigenvalue weighted by atomic mass is 10.2. The minimum absolute atomic E-state index is 0.764. The lowest BCUT2D eigenvalue weighted by Crippen LogP contribution is -2.14. The van der Waals surface area contributed by atoms with Gasteiger partial charge < -0.3 is 10.1 Å². The van der Waals surface area contributed by atoms with Crippen LogP contribution in [0.2, 0.25) is 0 Å². The van der Waals surface area contributed by atoms with Crippen molar-refractivity contribution in [2.75, 3.05) is 6.54 Å². The quantitative estimate of drug-likeness (QED) is 0.792. The minimum atomic E-state index is 0.764. The first-order chi connectivity index (χ1) is 9.70. The van der Waals surface area contributed by atoms with Crippen LogP contribution in [0.4, 0.5) is 0 Å². The summed E-state index contributed by atoms with van der Waals surface area (Å²) < 4.78 is 6.96. The number of pyridine rings is 1. The summed E-state index contributed by atoms with van der Waals surface area (Å²) in [7, 11) is 0. The minimum Gasteiger partial charge on any atom is -0.456 e. The van der Waals surface area contributed by atoms with Crippen LogP contribution < -0.4 is 10.1 Å². The average molecular weight is 335 g/mol. The van der Waals surface area contributed by atoms with Crippen molar-refractivity contribution >= 4 is 15.9 Å². The maximum atomic E-state index is 6.00. The molecule has 106 valence electrons. The highest BCUT2D eigenvalue weighted by atomic mass is 79.9. The molecule has 0 aliphatic heterocycles. The van der Waals surface area contributed by atoms with E-state index in [-0.39, 0.29) is 0 Å². The Morgan fingerprint density at radius 2 is 2.10 bits per heavy atom. The van der Waals surface area contributed by atoms with Gasteiger partial charge in [-0.25, -0.2) is 0 Å². The maximum Gasteiger partial charge on any atom is 0.141 e. The third-order valence-corrected chi connectivity index (χ3v) is 3.53. The van der Waals surface area contributed by atoms with E-state index in [1.807, 2.05) is 30.5 Å². The monoisotopic (exact) mass is 334 g/mol. The molecule has 2 rings (SSSR count). The van der Waals surface area contributed by atoms with Crippen molar-refractivity contribution in [2.45, 2.75) is 26.8 Å². The summed E-state index contributed by atoms with van der Waals surface area (Å²) in [6.45, 7) is 5.96. The summed E-state index contributed by atoms with van der Waals surface area (Å²) in [5, 5.41) is 3.37. The van der Waals surface area contributed by atoms with Crippen molar-refractivity contribution in [2.24, 2.45) is 0 Å². The Morgan fingerprint density at radius 1 is 1.25 bits per heavy atom. The molecule has 2 aromatic rings. The lowest BCUT2D eigenvalue weighted by Gasteiger charge is -2.12. The Labute approximate surface area is 128 Å². The van der Waals surface area contributed by atoms with Crippen molar-refractivity contribution in [3.05, 3.63) is 52.3 Å². The van der Waals surface area contributed by atoms with Crippen LogP contribution in [0, 0.1) is 6.92 Å². The molecule has 0 spiro atoms. The van der Waals surface area contributed by atoms with Gasteiger partial charge in [0.15, 0.2) is 0 Å². The van der Waals surface area contributed by atoms with Crippen LogP contribution in [-0.4, -0.2) is 11.5 Å². The largest absolute Gasteiger partial charge is 0.456 e. The highest BCUT2D eigenvalue weighted by molar-refractivity contribution is 9.10. The molecule has 0 radical (unpaired) electrons. The zero-order valence-corrected chi connectivity index (χ0v) is 13.4. The summed E-state index contributed by atoms with van der Waals surface area (Å²) in [6.07, 6.45) is 4.71. The van der Waals surface area contributed by atoms with Crippen LogP contribution in [0.3, 0.4) is 0 Å². The fourth-order valence-electron chi connectivity index (χ4n) is 1.85. The smallest absolute Gasteiger partial charge is 0.141 e. The van der Waals surface area contributed by atoms with Crippen molar-refractivity contribution in [3.8, 4) is 11.5 Å². The first-order valence-corrected chi connectivity index (χ1v) is 7.57. The normalized spacial score (nSPS) is 10.6. The Kier molecular flexibility index (Phi) is 5.56. The summed E-state index contributed by atoms with van der Waals surface area (Å²) in [6, 6.07) is 7.96. The summed E-state index contributed by atoms with van der Waals surface area (Å²) in [4.78, 5) is 4.17. The van der Waals surface area contributed by atoms with Gasteiger partial charge in [-0.3, -0.25) is 4.98 Å². The van der Waals surface area contributed by atoms with Crippen molar-refractivity contribution < 1.29 is 4.74 Å². The molecule has 0 atom stereocenters. The molecule has 0 saturated carbocycles. The van der Waals surface area contributed by atoms with Gasteiger partial charge in [0.05, 0.1) is 4.47 Å². The predicted molar refractivity (Wildman–Crippen MR) is 85.2 cm³/mol. The summed E-state index contributed by atoms with van der Waals surface area (Å²) in [5.74, 6) is 1.66. The second-order valence-corrected chi connectivity index (χ2v) is 5.55. The number of aryl methyl sites for hydroxylation is 1. The molecule has 0 aliphatic rings. The van der Waals surface area contributed by atoms with Gasteiger partial charge in [0.1, 0.15) is 11.5 Å². The van der Waals surface area contributed by atoms with Gasteiger partial charge in [0.25, 0.3) is 0 Å². The highest BCUT2D eigenvalue weighted by Gasteiger charge is 2.07. The second-order valence-electron chi connectivity index (χ2n) is 4.70. The average Bonchev–Trinajstić information content (AvgIpc) is 2.44. The van der Waals surface area contributed by atoms with Crippen LogP contribution in [0.25, 0.3) is 0 Å². The number of nitrogens with one attached hydrogen (secondary N) is 1. The van der Waals surface area contributed by atoms with E-state index in [9.17, 15) is 0 Å². The van der Waals surface area contributed by atoms with E-state index < -0.39 is 0 Å². The molecule has 0 bridgehead atoms. The fourth-order valence-corrected chi connectivity index (χ4v) is 2.43. The Balaban J connectivity index is 2.16. The second kappa shape index (κ2) is 7.41. The molecule has 1 heterocycles. The standard InChI is InChI=1S/C16H19BrN2O/c1-3-7-18-10-13-11-19-8-6-15(13)20-16-5-4-12(2)9-14(16)17/h4-6,8-9,11,18H,3,7,10H2,1-2H3. The van der Waals surface area contributed by atoms with Gasteiger partial charge in [0, 0.05) is 24.5 Å². The van der Waals surface area contributed by atoms with Gasteiger partial charge in [-0.15, -0.1) is 0 Å². The van der Waals surface area contributed by atoms with Gasteiger partial charge in [-0.2, -0.15) is 0 Å². The van der Waals surface area contributed by atoms with Crippen molar-refractivity contribution in [3.63, 3.8) is 0 Å². The van der Waals surface area contributed by atoms with Crippen LogP contribution in [0.5, 0.6) is 11.5 Å². The Bertz CT molecular complexity index is 572. The zero-order chi connectivity index (χ0) is 14.4. The number of aromatic nitrogens is 1. The number of hydrogen-bond donors (Lipinski definition) is 1. The van der Waals surface area contributed by atoms with E-state index in [0.717, 1.165) is 41.0 Å². The van der Waals surface area contributed by atoms with Crippen LogP contribution in [-0.2, 0) is 6.54 Å². The molecule has 1 N–H and O–H groups in total. The molecule has 4 heteroatoms. The molecule has 0 saturated heterocycles. The van der Waals surface area contributed by atoms with Gasteiger partial charge in [-0.05, 0) is 59.6 Å². The molecule has 0 unspecified atom stereocenters. The molecular weight excluding hydrogens is 316 g/mol. The Hall–Kier alpha value is -1.39. The predicted octanol–water partition coefficient (Wildman–Crippen LogP) is 4.44. The molecule has 0 aliphatic carbocycles. The molecule has 20 heavy (non-hydrogen) atoms. The number of rotatable bonds is 6. The molecule has 1 aromatic heterocycles. The van der Waals surface area contributed by atoms with E-state index in [1.165, 1.54) is 5.56 Å². The fraction of sp³-hybridized carbons (Fsp3) is 0.312. The number of ether oxygens (including phenoxy) is 1. The summed E-state index contributed by atoms with van der Waals surface area (Å²) in [5.41, 5.74) is 2.26. The first kappa shape index (κ1) is 15.0. The molecular formula is C16H19BrN2O. The SMILES string of the molecule is CCCNCc1cnccc1Oc1ccc(C)cc1Br. The maximum absolute atomic E-state index is 6.00. The first-order valence-electron chi connectivity index (χ1n) is 6.78. The topological polar surface area (TPSA) is 34.2 Å². The third-order valence-electron chi connectivity index (χ3n) is 2.91. The number of hydrogen-bond acceptors (Lipinski definition) is 3. The Morgan fingerprint density at radius 3 is 2.85 bits per heavy atom. The third kappa shape index (κ3) is 4.05. The number of nitrogens with zero attached hydrogens (tertiary/aromatic N) is 1. The van der Waals surface area contributed by atoms with E-state index in [2.05, 4.69) is 40.1 Å². The van der Waals surface area contributed by atoms with E-state index in [4.69, 9.17) is 4.74 Å². The van der Waals surface area contributed by atoms with Crippen LogP contribution >= 0.6 is 15.9 Å². The molecule has 0 amide bonds. The van der Waals surface area contributed by atoms with E-state index in [0.29, 0.717) is 0 Å². The van der Waals surface area contributed by atoms with Crippen molar-refractivity contribution in [1.29, 1.82) is 0 Å². The van der Waals surface area contributed by atoms with E-state index >= 15 is 0 Å². The summed E-state index contributed by atoms with van der Waals surface area (Å²) >= 11 is 3.54. The van der Waals surface area contributed by atoms with E-state index in [1.54, 1.807) is 6.20 Å². The lowest BCUT2D eigenvalue weighted by molar-refractivity contribution is 0.468. The van der Waals surface area contributed by atoms with Crippen molar-refractivity contribution in [1.82, 2.24) is 10.3 Å². The number of halogens is 1. The van der Waals surface area contributed by atoms with Gasteiger partial charge >= 0.3 is 0 Å². The molecule has 0 fully saturated rings. The molecule has 1 aromatic carbocycles. The van der Waals surface area contributed by atoms with Crippen LogP contribution in [0.15, 0.2) is 41.1 Å². The number of benzene rings is 1. The van der Waals surface area contributed by atoms with Crippen LogP contribution in [0.1, 0.15) is 24.5 Å². The van der Waals surface area contributed by atoms with Gasteiger partial charge in [0.2, 0.25) is 0 Å². The molecule has 3 nitrogen and oxygen atoms in total. The highest BCUT2D eigenvalue weighted by Crippen LogP contribution is 2.31. The van der Waals surface area contributed by atoms with Gasteiger partial charge in [-0.1, -0.05) is 13.0 Å².